The molecular formula is C79H98BF2I3N21O9P. The zero-order valence-corrected chi connectivity index (χ0v) is 72.2. The predicted octanol–water partition coefficient (Wildman–Crippen LogP) is 13.7. The summed E-state index contributed by atoms with van der Waals surface area (Å²) in [6.07, 6.45) is 17.4. The van der Waals surface area contributed by atoms with Gasteiger partial charge in [0.2, 0.25) is 0 Å². The Morgan fingerprint density at radius 1 is 0.534 bits per heavy atom. The standard InChI is InChI=1S/C22H18FN5O2.C18H20BFO3.C10H12IN5O.C10H10IN5O.C6H13N.C5H4IN5.C5H10O2.C2H7P.CH4/c23-18-11-16(30-15-4-2-1-3-5-15)8-9-17(18)20-19-21(24)25-12-26-22(19)28(27-20)13-6-7-14(29)10-13;1-17(2)18(3,4)23-19(22-17)15-11-10-14(12-16(15)20)21-13-8-6-5-7-9-13;2*11-8-7-9(12)13-4-14-10(7)16(15-8)5-1-2-6(17)3-5;1-7-5-3-2-4-6-7;6-3-2-4(7)8-1-9-5(2)11-10-3;6-4-1-2-5(7)3-4;1-3-2;/h1-5,8-9,11-13H,6-7,10H2,(H2,24,25,26);5-12H,1-4H3;4-6,17H,1-3H2,(H2,12,13,14);4-5H,1-3H2,(H2,12,13,14);2-6H2,1H3;1H,(H3,7,8,9,10,11);4-7H,1-3H2;3H,1-2H3;1H4. The number of aromatic nitrogens is 16. The summed E-state index contributed by atoms with van der Waals surface area (Å²) < 4.78 is 60.5. The van der Waals surface area contributed by atoms with Gasteiger partial charge in [0.05, 0.1) is 69.2 Å². The van der Waals surface area contributed by atoms with Crippen LogP contribution in [0.25, 0.3) is 55.4 Å². The lowest BCUT2D eigenvalue weighted by atomic mass is 9.78. The summed E-state index contributed by atoms with van der Waals surface area (Å²) in [5.74, 6) is 3.24. The first kappa shape index (κ1) is 89.9. The molecule has 2 aliphatic heterocycles. The molecule has 10 heterocycles. The van der Waals surface area contributed by atoms with E-state index in [-0.39, 0.29) is 66.8 Å². The van der Waals surface area contributed by atoms with Gasteiger partial charge in [-0.15, -0.1) is 8.58 Å². The van der Waals surface area contributed by atoms with Crippen molar-refractivity contribution in [2.75, 3.05) is 56.4 Å². The number of aliphatic hydroxyl groups excluding tert-OH is 3. The zero-order valence-electron chi connectivity index (χ0n) is 64.8. The summed E-state index contributed by atoms with van der Waals surface area (Å²) in [4.78, 5) is 58.1. The molecule has 37 heteroatoms. The number of H-pyrrole nitrogens is 1. The largest absolute Gasteiger partial charge is 0.497 e. The Labute approximate surface area is 714 Å². The number of benzene rings is 4. The molecule has 0 spiro atoms. The molecule has 2 saturated heterocycles. The zero-order chi connectivity index (χ0) is 82.3. The van der Waals surface area contributed by atoms with Crippen LogP contribution in [0.15, 0.2) is 122 Å². The first-order chi connectivity index (χ1) is 55.1. The van der Waals surface area contributed by atoms with Crippen molar-refractivity contribution in [2.24, 2.45) is 0 Å². The number of carbonyl (C=O) groups is 2. The van der Waals surface area contributed by atoms with Crippen LogP contribution in [-0.4, -0.2) is 181 Å². The molecule has 12 N–H and O–H groups in total. The van der Waals surface area contributed by atoms with E-state index in [0.717, 1.165) is 85.7 Å². The third-order valence-electron chi connectivity index (χ3n) is 20.2. The molecule has 4 saturated carbocycles. The van der Waals surface area contributed by atoms with Crippen molar-refractivity contribution in [3.05, 3.63) is 145 Å². The van der Waals surface area contributed by atoms with Gasteiger partial charge in [-0.1, -0.05) is 56.3 Å². The number of nitrogens with two attached hydrogens (primary N) is 4. The topological polar surface area (TPSA) is 424 Å². The Morgan fingerprint density at radius 3 is 1.39 bits per heavy atom. The second kappa shape index (κ2) is 41.3. The third-order valence-corrected chi connectivity index (χ3v) is 22.5. The molecule has 6 unspecified atom stereocenters. The van der Waals surface area contributed by atoms with Gasteiger partial charge in [-0.3, -0.25) is 14.7 Å². The highest BCUT2D eigenvalue weighted by Crippen LogP contribution is 2.41. The molecule has 4 aromatic carbocycles. The van der Waals surface area contributed by atoms with Gasteiger partial charge in [0, 0.05) is 48.8 Å². The lowest BCUT2D eigenvalue weighted by Crippen LogP contribution is -2.41. The number of nitrogens with one attached hydrogen (secondary N) is 1. The fraction of sp³-hybridized carbons (Fsp3) is 0.418. The number of para-hydroxylation sites is 2. The maximum atomic E-state index is 15.1. The number of nitrogen functional groups attached to an aromatic ring is 4. The molecule has 4 aliphatic carbocycles. The number of likely N-dealkylation sites (tertiary alicyclic amines) is 1. The summed E-state index contributed by atoms with van der Waals surface area (Å²) in [5, 5.41) is 50.2. The second-order valence-electron chi connectivity index (χ2n) is 29.4. The first-order valence-electron chi connectivity index (χ1n) is 37.7. The van der Waals surface area contributed by atoms with Crippen molar-refractivity contribution in [1.82, 2.24) is 84.3 Å². The number of fused-ring (bicyclic) bond motifs is 4. The van der Waals surface area contributed by atoms with E-state index < -0.39 is 30.0 Å². The average molecular weight is 1950 g/mol. The van der Waals surface area contributed by atoms with E-state index in [1.807, 2.05) is 85.6 Å². The maximum Gasteiger partial charge on any atom is 0.497 e. The van der Waals surface area contributed by atoms with Crippen LogP contribution in [-0.2, 0) is 18.9 Å². The van der Waals surface area contributed by atoms with E-state index >= 15 is 4.39 Å². The van der Waals surface area contributed by atoms with Crippen LogP contribution in [0, 0.1) is 22.7 Å². The molecule has 6 fully saturated rings. The van der Waals surface area contributed by atoms with E-state index in [2.05, 4.69) is 158 Å². The minimum atomic E-state index is -0.717. The lowest BCUT2D eigenvalue weighted by Gasteiger charge is -2.32. The van der Waals surface area contributed by atoms with Gasteiger partial charge in [0.15, 0.2) is 22.6 Å². The van der Waals surface area contributed by atoms with Gasteiger partial charge in [-0.2, -0.15) is 20.4 Å². The van der Waals surface area contributed by atoms with Crippen molar-refractivity contribution in [3.8, 4) is 34.3 Å². The second-order valence-corrected chi connectivity index (χ2v) is 33.5. The minimum absolute atomic E-state index is 0. The number of ether oxygens (including phenoxy) is 2. The molecule has 6 aliphatic rings. The van der Waals surface area contributed by atoms with Gasteiger partial charge >= 0.3 is 7.12 Å². The van der Waals surface area contributed by atoms with Crippen molar-refractivity contribution in [2.45, 2.75) is 179 Å². The normalized spacial score (nSPS) is 19.8. The van der Waals surface area contributed by atoms with Crippen LogP contribution in [0.2, 0.25) is 0 Å². The van der Waals surface area contributed by atoms with E-state index in [9.17, 15) is 19.1 Å². The van der Waals surface area contributed by atoms with E-state index in [1.165, 1.54) is 69.8 Å². The SMILES string of the molecule is C.CC1(C)OB(c2ccc(Oc3ccccc3)cc2F)OC1(C)C.CN1CCCCC1.CPC.Nc1ncnc2c1c(-c1ccc(Oc3ccccc3)cc1F)nn2C1CCC(=O)C1.Nc1ncnc2c1c(I)nn2C1CCC(=O)C1.Nc1ncnc2c1c(I)nn2C1CCC(O)C1.Nc1ncnc2n[nH]c(I)c12.OC1CCC(O)C1. The predicted molar refractivity (Wildman–Crippen MR) is 473 cm³/mol. The number of hydrogen-bond acceptors (Lipinski definition) is 26. The van der Waals surface area contributed by atoms with Crippen molar-refractivity contribution >= 4 is 168 Å². The van der Waals surface area contributed by atoms with Gasteiger partial charge in [-0.05, 0) is 236 Å². The highest BCUT2D eigenvalue weighted by Gasteiger charge is 2.52. The Balaban J connectivity index is 0.000000149. The molecule has 18 rings (SSSR count). The molecule has 6 atom stereocenters. The number of hydrogen-bond donors (Lipinski definition) is 8. The Morgan fingerprint density at radius 2 is 0.966 bits per heavy atom. The van der Waals surface area contributed by atoms with Crippen LogP contribution < -0.4 is 37.9 Å². The highest BCUT2D eigenvalue weighted by atomic mass is 127. The first-order valence-corrected chi connectivity index (χ1v) is 43.0. The van der Waals surface area contributed by atoms with Crippen LogP contribution >= 0.6 is 76.4 Å². The number of carbonyl (C=O) groups excluding carboxylic acids is 2. The number of aliphatic hydroxyl groups is 3. The summed E-state index contributed by atoms with van der Waals surface area (Å²) >= 11 is 6.36. The summed E-state index contributed by atoms with van der Waals surface area (Å²) in [6.45, 7) is 14.7. The number of aromatic amines is 1. The molecule has 116 heavy (non-hydrogen) atoms. The van der Waals surface area contributed by atoms with Gasteiger partial charge in [0.1, 0.15) is 112 Å². The molecule has 30 nitrogen and oxygen atoms in total. The molecular weight excluding hydrogens is 1850 g/mol. The van der Waals surface area contributed by atoms with Crippen LogP contribution in [0.5, 0.6) is 23.0 Å². The summed E-state index contributed by atoms with van der Waals surface area (Å²) in [5.41, 5.74) is 26.0. The number of nitrogens with zero attached hydrogens (tertiary/aromatic N) is 16. The van der Waals surface area contributed by atoms with E-state index in [0.29, 0.717) is 107 Å². The van der Waals surface area contributed by atoms with Crippen LogP contribution in [0.1, 0.15) is 150 Å². The van der Waals surface area contributed by atoms with Crippen molar-refractivity contribution < 1.29 is 52.5 Å². The highest BCUT2D eigenvalue weighted by molar-refractivity contribution is 14.1. The fourth-order valence-electron chi connectivity index (χ4n) is 13.6. The molecule has 616 valence electrons. The van der Waals surface area contributed by atoms with Gasteiger partial charge < -0.3 is 61.9 Å². The number of rotatable bonds is 9. The average Bonchev–Trinajstić information content (AvgIpc) is 1.61. The number of Topliss-reactive ketones (excluding diaryl/α,β-unsaturated/α-hetero) is 2. The van der Waals surface area contributed by atoms with Gasteiger partial charge in [-0.25, -0.2) is 62.7 Å². The van der Waals surface area contributed by atoms with Crippen LogP contribution in [0.3, 0.4) is 0 Å². The smallest absolute Gasteiger partial charge is 0.457 e. The van der Waals surface area contributed by atoms with E-state index in [4.69, 9.17) is 51.9 Å². The minimum Gasteiger partial charge on any atom is -0.457 e. The number of anilines is 4. The molecule has 8 aromatic heterocycles. The molecule has 12 aromatic rings. The number of ketones is 2. The molecule has 0 amide bonds. The third kappa shape index (κ3) is 22.7. The molecule has 0 radical (unpaired) electrons. The fourth-order valence-corrected chi connectivity index (χ4v) is 15.7. The monoisotopic (exact) mass is 1950 g/mol. The van der Waals surface area contributed by atoms with E-state index in [1.54, 1.807) is 41.1 Å². The van der Waals surface area contributed by atoms with Crippen molar-refractivity contribution in [1.29, 1.82) is 0 Å². The number of piperidine rings is 1. The molecule has 0 bridgehead atoms. The van der Waals surface area contributed by atoms with Gasteiger partial charge in [0.25, 0.3) is 0 Å². The quantitative estimate of drug-likeness (QED) is 0.0378. The van der Waals surface area contributed by atoms with Crippen molar-refractivity contribution in [3.63, 3.8) is 0 Å². The lowest BCUT2D eigenvalue weighted by molar-refractivity contribution is -0.118. The summed E-state index contributed by atoms with van der Waals surface area (Å²) in [6, 6.07) is 27.9. The Kier molecular flexibility index (Phi) is 32.0. The maximum absolute atomic E-state index is 15.1. The number of halogens is 5. The Bertz CT molecular complexity index is 5260. The summed E-state index contributed by atoms with van der Waals surface area (Å²) in [7, 11) is 2.56. The Hall–Kier alpha value is -8.48. The van der Waals surface area contributed by atoms with Crippen LogP contribution in [0.4, 0.5) is 32.1 Å².